The maximum Gasteiger partial charge on any atom is 0.169 e. The van der Waals surface area contributed by atoms with E-state index in [2.05, 4.69) is 45.4 Å². The predicted molar refractivity (Wildman–Crippen MR) is 97.6 cm³/mol. The Morgan fingerprint density at radius 1 is 1.16 bits per heavy atom. The van der Waals surface area contributed by atoms with Gasteiger partial charge in [-0.25, -0.2) is 0 Å². The molecule has 0 N–H and O–H groups in total. The normalized spacial score (nSPS) is 15.2. The zero-order chi connectivity index (χ0) is 17.6. The fourth-order valence-electron chi connectivity index (χ4n) is 3.17. The van der Waals surface area contributed by atoms with E-state index < -0.39 is 0 Å². The number of rotatable bonds is 5. The van der Waals surface area contributed by atoms with E-state index >= 15 is 0 Å². The summed E-state index contributed by atoms with van der Waals surface area (Å²) in [5.74, 6) is 0.716. The van der Waals surface area contributed by atoms with E-state index in [1.165, 1.54) is 5.56 Å². The van der Waals surface area contributed by atoms with Gasteiger partial charge in [0.05, 0.1) is 18.4 Å². The lowest BCUT2D eigenvalue weighted by atomic mass is 10.1. The van der Waals surface area contributed by atoms with Crippen molar-refractivity contribution >= 4 is 5.82 Å². The molecule has 1 aromatic carbocycles. The van der Waals surface area contributed by atoms with Gasteiger partial charge in [0.1, 0.15) is 11.6 Å². The Bertz CT molecular complexity index is 746. The highest BCUT2D eigenvalue weighted by Crippen LogP contribution is 2.25. The lowest BCUT2D eigenvalue weighted by molar-refractivity contribution is 0.0389. The molecule has 130 valence electrons. The monoisotopic (exact) mass is 336 g/mol. The number of nitrogens with zero attached hydrogens (tertiary/aromatic N) is 4. The largest absolute Gasteiger partial charge is 0.378 e. The first-order chi connectivity index (χ1) is 12.2. The Labute approximate surface area is 149 Å². The number of ether oxygens (including phenoxy) is 1. The van der Waals surface area contributed by atoms with Crippen LogP contribution in [0.15, 0.2) is 30.3 Å². The van der Waals surface area contributed by atoms with E-state index in [4.69, 9.17) is 4.74 Å². The van der Waals surface area contributed by atoms with Crippen LogP contribution in [-0.2, 0) is 11.2 Å². The van der Waals surface area contributed by atoms with Gasteiger partial charge in [0.2, 0.25) is 0 Å². The molecule has 0 spiro atoms. The Morgan fingerprint density at radius 2 is 1.88 bits per heavy atom. The van der Waals surface area contributed by atoms with Crippen molar-refractivity contribution in [1.29, 1.82) is 5.26 Å². The molecule has 1 aromatic heterocycles. The average Bonchev–Trinajstić information content (AvgIpc) is 2.65. The van der Waals surface area contributed by atoms with Gasteiger partial charge in [0, 0.05) is 13.1 Å². The maximum atomic E-state index is 9.46. The molecule has 0 unspecified atom stereocenters. The van der Waals surface area contributed by atoms with Gasteiger partial charge in [-0.05, 0) is 44.2 Å². The van der Waals surface area contributed by atoms with E-state index in [1.807, 2.05) is 19.9 Å². The van der Waals surface area contributed by atoms with Crippen molar-refractivity contribution in [2.45, 2.75) is 39.2 Å². The van der Waals surface area contributed by atoms with E-state index in [0.29, 0.717) is 11.4 Å². The van der Waals surface area contributed by atoms with Gasteiger partial charge in [-0.15, -0.1) is 5.10 Å². The molecule has 0 radical (unpaired) electrons. The van der Waals surface area contributed by atoms with Gasteiger partial charge in [0.25, 0.3) is 0 Å². The van der Waals surface area contributed by atoms with Crippen LogP contribution in [0, 0.1) is 25.2 Å². The third-order valence-electron chi connectivity index (χ3n) is 4.88. The van der Waals surface area contributed by atoms with E-state index in [9.17, 15) is 5.26 Å². The molecule has 25 heavy (non-hydrogen) atoms. The first-order valence-electron chi connectivity index (χ1n) is 8.83. The smallest absolute Gasteiger partial charge is 0.169 e. The van der Waals surface area contributed by atoms with Gasteiger partial charge in [-0.3, -0.25) is 0 Å². The third-order valence-corrected chi connectivity index (χ3v) is 4.88. The number of anilines is 1. The van der Waals surface area contributed by atoms with Crippen molar-refractivity contribution in [2.75, 3.05) is 24.6 Å². The quantitative estimate of drug-likeness (QED) is 0.839. The number of aryl methyl sites for hydroxylation is 1. The fraction of sp³-hybridized carbons (Fsp3) is 0.450. The van der Waals surface area contributed by atoms with Crippen LogP contribution < -0.4 is 4.90 Å². The van der Waals surface area contributed by atoms with Crippen LogP contribution in [0.5, 0.6) is 0 Å². The highest BCUT2D eigenvalue weighted by Gasteiger charge is 2.24. The van der Waals surface area contributed by atoms with Gasteiger partial charge < -0.3 is 9.64 Å². The summed E-state index contributed by atoms with van der Waals surface area (Å²) in [7, 11) is 0. The maximum absolute atomic E-state index is 9.46. The lowest BCUT2D eigenvalue weighted by Gasteiger charge is -2.33. The van der Waals surface area contributed by atoms with Gasteiger partial charge in [-0.2, -0.15) is 10.4 Å². The highest BCUT2D eigenvalue weighted by molar-refractivity contribution is 5.57. The lowest BCUT2D eigenvalue weighted by Crippen LogP contribution is -2.38. The van der Waals surface area contributed by atoms with Crippen LogP contribution in [0.4, 0.5) is 5.82 Å². The molecule has 2 aromatic rings. The molecule has 0 amide bonds. The highest BCUT2D eigenvalue weighted by atomic mass is 16.5. The zero-order valence-electron chi connectivity index (χ0n) is 14.9. The summed E-state index contributed by atoms with van der Waals surface area (Å²) in [6, 6.07) is 12.7. The molecular weight excluding hydrogens is 312 g/mol. The molecule has 2 heterocycles. The fourth-order valence-corrected chi connectivity index (χ4v) is 3.17. The average molecular weight is 336 g/mol. The van der Waals surface area contributed by atoms with Gasteiger partial charge in [-0.1, -0.05) is 30.3 Å². The Morgan fingerprint density at radius 3 is 2.56 bits per heavy atom. The second-order valence-corrected chi connectivity index (χ2v) is 6.51. The Kier molecular flexibility index (Phi) is 5.62. The SMILES string of the molecule is Cc1nnc(N2CCC(OCCc3ccccc3)CC2)c(C#N)c1C. The van der Waals surface area contributed by atoms with E-state index in [-0.39, 0.29) is 6.10 Å². The van der Waals surface area contributed by atoms with Crippen molar-refractivity contribution in [3.8, 4) is 6.07 Å². The molecule has 0 saturated carbocycles. The van der Waals surface area contributed by atoms with Crippen LogP contribution in [0.2, 0.25) is 0 Å². The van der Waals surface area contributed by atoms with E-state index in [1.54, 1.807) is 0 Å². The summed E-state index contributed by atoms with van der Waals surface area (Å²) in [6.07, 6.45) is 3.13. The van der Waals surface area contributed by atoms with Crippen LogP contribution in [-0.4, -0.2) is 36.0 Å². The summed E-state index contributed by atoms with van der Waals surface area (Å²) < 4.78 is 6.04. The van der Waals surface area contributed by atoms with Crippen LogP contribution >= 0.6 is 0 Å². The molecule has 1 saturated heterocycles. The molecule has 0 atom stereocenters. The predicted octanol–water partition coefficient (Wildman–Crippen LogP) is 3.19. The molecule has 3 rings (SSSR count). The second-order valence-electron chi connectivity index (χ2n) is 6.51. The summed E-state index contributed by atoms with van der Waals surface area (Å²) in [6.45, 7) is 6.27. The minimum absolute atomic E-state index is 0.282. The number of benzene rings is 1. The van der Waals surface area contributed by atoms with Crippen molar-refractivity contribution in [3.63, 3.8) is 0 Å². The second kappa shape index (κ2) is 8.09. The van der Waals surface area contributed by atoms with Crippen molar-refractivity contribution in [3.05, 3.63) is 52.7 Å². The van der Waals surface area contributed by atoms with E-state index in [0.717, 1.165) is 50.2 Å². The van der Waals surface area contributed by atoms with Crippen LogP contribution in [0.1, 0.15) is 35.2 Å². The molecule has 1 aliphatic rings. The minimum Gasteiger partial charge on any atom is -0.378 e. The van der Waals surface area contributed by atoms with Crippen molar-refractivity contribution in [2.24, 2.45) is 0 Å². The number of nitriles is 1. The third kappa shape index (κ3) is 4.15. The number of piperidine rings is 1. The summed E-state index contributed by atoms with van der Waals surface area (Å²) >= 11 is 0. The van der Waals surface area contributed by atoms with Crippen LogP contribution in [0.3, 0.4) is 0 Å². The topological polar surface area (TPSA) is 62.0 Å². The molecular formula is C20H24N4O. The molecule has 0 aliphatic carbocycles. The standard InChI is InChI=1S/C20H24N4O/c1-15-16(2)22-23-20(19(15)14-21)24-11-8-18(9-12-24)25-13-10-17-6-4-3-5-7-17/h3-7,18H,8-13H2,1-2H3. The van der Waals surface area contributed by atoms with Crippen molar-refractivity contribution < 1.29 is 4.74 Å². The molecule has 5 nitrogen and oxygen atoms in total. The molecule has 0 bridgehead atoms. The molecule has 5 heteroatoms. The van der Waals surface area contributed by atoms with Gasteiger partial charge >= 0.3 is 0 Å². The number of aromatic nitrogens is 2. The molecule has 1 aliphatic heterocycles. The number of hydrogen-bond donors (Lipinski definition) is 0. The summed E-state index contributed by atoms with van der Waals surface area (Å²) in [4.78, 5) is 2.16. The first-order valence-corrected chi connectivity index (χ1v) is 8.83. The summed E-state index contributed by atoms with van der Waals surface area (Å²) in [5.41, 5.74) is 3.70. The zero-order valence-corrected chi connectivity index (χ0v) is 14.9. The Balaban J connectivity index is 1.52. The molecule has 1 fully saturated rings. The number of hydrogen-bond acceptors (Lipinski definition) is 5. The summed E-state index contributed by atoms with van der Waals surface area (Å²) in [5, 5.41) is 17.9. The minimum atomic E-state index is 0.282. The van der Waals surface area contributed by atoms with Crippen LogP contribution in [0.25, 0.3) is 0 Å². The first kappa shape index (κ1) is 17.4. The van der Waals surface area contributed by atoms with Crippen molar-refractivity contribution in [1.82, 2.24) is 10.2 Å². The Hall–Kier alpha value is -2.45. The van der Waals surface area contributed by atoms with Gasteiger partial charge in [0.15, 0.2) is 5.82 Å².